The lowest BCUT2D eigenvalue weighted by Crippen LogP contribution is -1.97. The van der Waals surface area contributed by atoms with Crippen LogP contribution in [0.2, 0.25) is 0 Å². The fraction of sp³-hybridized carbons (Fsp3) is 0.200. The second-order valence-electron chi connectivity index (χ2n) is 0.865. The predicted molar refractivity (Wildman–Crippen MR) is 25.1 cm³/mol. The van der Waals surface area contributed by atoms with Gasteiger partial charge in [-0.15, -0.1) is 6.42 Å². The fourth-order valence-electron chi connectivity index (χ4n) is 0.122. The molecule has 0 amide bonds. The lowest BCUT2D eigenvalue weighted by atomic mass is 10.7. The molecule has 0 aliphatic rings. The molecule has 0 aromatic rings. The van der Waals surface area contributed by atoms with Crippen LogP contribution in [0.1, 0.15) is 0 Å². The monoisotopic (exact) mass is 97.0 g/mol. The van der Waals surface area contributed by atoms with E-state index in [-0.39, 0.29) is 6.61 Å². The Balaban J connectivity index is 3.02. The van der Waals surface area contributed by atoms with Crippen molar-refractivity contribution in [3.05, 3.63) is 6.92 Å². The third-order valence-electron chi connectivity index (χ3n) is 0.316. The highest BCUT2D eigenvalue weighted by atomic mass is 16.5. The first-order chi connectivity index (χ1) is 3.27. The summed E-state index contributed by atoms with van der Waals surface area (Å²) in [7, 11) is 0. The minimum Gasteiger partial charge on any atom is -0.452 e. The van der Waals surface area contributed by atoms with Gasteiger partial charge >= 0.3 is 5.97 Å². The van der Waals surface area contributed by atoms with Crippen LogP contribution in [0.25, 0.3) is 0 Å². The number of hydrogen-bond donors (Lipinski definition) is 0. The lowest BCUT2D eigenvalue weighted by Gasteiger charge is -1.88. The summed E-state index contributed by atoms with van der Waals surface area (Å²) in [5, 5.41) is 0. The highest BCUT2D eigenvalue weighted by molar-refractivity contribution is 5.73. The first-order valence-electron chi connectivity index (χ1n) is 1.69. The van der Waals surface area contributed by atoms with Crippen LogP contribution in [0, 0.1) is 19.3 Å². The van der Waals surface area contributed by atoms with Gasteiger partial charge in [0.1, 0.15) is 0 Å². The molecule has 2 heteroatoms. The van der Waals surface area contributed by atoms with Gasteiger partial charge in [0.15, 0.2) is 6.61 Å². The Morgan fingerprint density at radius 2 is 2.57 bits per heavy atom. The van der Waals surface area contributed by atoms with Crippen molar-refractivity contribution in [3.63, 3.8) is 0 Å². The Labute approximate surface area is 42.5 Å². The molecule has 0 bridgehead atoms. The summed E-state index contributed by atoms with van der Waals surface area (Å²) in [5.41, 5.74) is 0. The van der Waals surface area contributed by atoms with Crippen molar-refractivity contribution in [2.75, 3.05) is 6.61 Å². The fourth-order valence-corrected chi connectivity index (χ4v) is 0.122. The molecule has 2 nitrogen and oxygen atoms in total. The number of carbonyl (C=O) groups is 1. The second-order valence-corrected chi connectivity index (χ2v) is 0.865. The van der Waals surface area contributed by atoms with Gasteiger partial charge in [-0.3, -0.25) is 4.79 Å². The average Bonchev–Trinajstić information content (AvgIpc) is 1.61. The number of terminal acetylenes is 1. The average molecular weight is 97.1 g/mol. The molecule has 0 heterocycles. The molecule has 0 unspecified atom stereocenters. The zero-order valence-electron chi connectivity index (χ0n) is 3.81. The van der Waals surface area contributed by atoms with Gasteiger partial charge in [-0.25, -0.2) is 0 Å². The van der Waals surface area contributed by atoms with E-state index in [0.29, 0.717) is 0 Å². The van der Waals surface area contributed by atoms with Crippen molar-refractivity contribution in [3.8, 4) is 12.3 Å². The van der Waals surface area contributed by atoms with E-state index >= 15 is 0 Å². The highest BCUT2D eigenvalue weighted by Crippen LogP contribution is 1.69. The van der Waals surface area contributed by atoms with Crippen LogP contribution in [-0.2, 0) is 9.53 Å². The van der Waals surface area contributed by atoms with Crippen LogP contribution >= 0.6 is 0 Å². The zero-order valence-corrected chi connectivity index (χ0v) is 3.81. The number of ether oxygens (including phenoxy) is 1. The molecular formula is C5H5O2. The van der Waals surface area contributed by atoms with Gasteiger partial charge in [-0.1, -0.05) is 5.92 Å². The summed E-state index contributed by atoms with van der Waals surface area (Å²) in [4.78, 5) is 9.77. The molecule has 0 atom stereocenters. The van der Waals surface area contributed by atoms with Crippen LogP contribution in [0.5, 0.6) is 0 Å². The van der Waals surface area contributed by atoms with E-state index in [9.17, 15) is 4.79 Å². The Morgan fingerprint density at radius 3 is 2.71 bits per heavy atom. The molecule has 37 valence electrons. The number of rotatable bonds is 1. The van der Waals surface area contributed by atoms with Gasteiger partial charge < -0.3 is 4.74 Å². The standard InChI is InChI=1S/C5H5O2/c1-3-4-7-5(2)6/h1H,2,4H2. The minimum absolute atomic E-state index is 0.0162. The van der Waals surface area contributed by atoms with Gasteiger partial charge in [0, 0.05) is 0 Å². The van der Waals surface area contributed by atoms with Crippen molar-refractivity contribution >= 4 is 5.97 Å². The molecule has 0 saturated heterocycles. The molecule has 1 radical (unpaired) electrons. The Bertz CT molecular complexity index is 99.1. The Hall–Kier alpha value is -0.970. The maximum absolute atomic E-state index is 9.77. The summed E-state index contributed by atoms with van der Waals surface area (Å²) in [6.07, 6.45) is 4.72. The summed E-state index contributed by atoms with van der Waals surface area (Å²) < 4.78 is 4.20. The molecule has 0 N–H and O–H groups in total. The molecule has 0 rings (SSSR count). The number of esters is 1. The lowest BCUT2D eigenvalue weighted by molar-refractivity contribution is -0.136. The Kier molecular flexibility index (Phi) is 2.78. The number of carbonyl (C=O) groups excluding carboxylic acids is 1. The molecule has 0 aliphatic heterocycles. The van der Waals surface area contributed by atoms with Crippen LogP contribution in [0.15, 0.2) is 0 Å². The van der Waals surface area contributed by atoms with E-state index in [1.54, 1.807) is 0 Å². The topological polar surface area (TPSA) is 26.3 Å². The van der Waals surface area contributed by atoms with Crippen molar-refractivity contribution in [2.24, 2.45) is 0 Å². The van der Waals surface area contributed by atoms with E-state index in [1.807, 2.05) is 0 Å². The minimum atomic E-state index is -0.585. The van der Waals surface area contributed by atoms with Gasteiger partial charge in [-0.2, -0.15) is 0 Å². The molecule has 0 spiro atoms. The van der Waals surface area contributed by atoms with E-state index < -0.39 is 5.97 Å². The molecule has 0 aromatic carbocycles. The Morgan fingerprint density at radius 1 is 2.00 bits per heavy atom. The third-order valence-corrected chi connectivity index (χ3v) is 0.316. The summed E-state index contributed by atoms with van der Waals surface area (Å²) in [6.45, 7) is 2.94. The summed E-state index contributed by atoms with van der Waals surface area (Å²) >= 11 is 0. The molecule has 0 saturated carbocycles. The smallest absolute Gasteiger partial charge is 0.307 e. The normalized spacial score (nSPS) is 6.86. The maximum Gasteiger partial charge on any atom is 0.307 e. The SMILES string of the molecule is C#CCOC([CH2])=O. The quantitative estimate of drug-likeness (QED) is 0.340. The van der Waals surface area contributed by atoms with Crippen LogP contribution in [0.4, 0.5) is 0 Å². The first-order valence-corrected chi connectivity index (χ1v) is 1.69. The first kappa shape index (κ1) is 6.03. The highest BCUT2D eigenvalue weighted by Gasteiger charge is 1.84. The van der Waals surface area contributed by atoms with Crippen molar-refractivity contribution in [2.45, 2.75) is 0 Å². The van der Waals surface area contributed by atoms with Gasteiger partial charge in [0.2, 0.25) is 0 Å². The van der Waals surface area contributed by atoms with Crippen molar-refractivity contribution in [1.82, 2.24) is 0 Å². The molecule has 7 heavy (non-hydrogen) atoms. The molecule has 0 fully saturated rings. The van der Waals surface area contributed by atoms with Gasteiger partial charge in [0.25, 0.3) is 0 Å². The van der Waals surface area contributed by atoms with Crippen molar-refractivity contribution < 1.29 is 9.53 Å². The second kappa shape index (κ2) is 3.23. The summed E-state index contributed by atoms with van der Waals surface area (Å²) in [6, 6.07) is 0. The van der Waals surface area contributed by atoms with Gasteiger partial charge in [0.05, 0.1) is 6.92 Å². The maximum atomic E-state index is 9.77. The largest absolute Gasteiger partial charge is 0.452 e. The van der Waals surface area contributed by atoms with Crippen LogP contribution in [0.3, 0.4) is 0 Å². The van der Waals surface area contributed by atoms with Gasteiger partial charge in [-0.05, 0) is 0 Å². The van der Waals surface area contributed by atoms with Crippen molar-refractivity contribution in [1.29, 1.82) is 0 Å². The number of hydrogen-bond acceptors (Lipinski definition) is 2. The van der Waals surface area contributed by atoms with E-state index in [0.717, 1.165) is 0 Å². The van der Waals surface area contributed by atoms with E-state index in [2.05, 4.69) is 17.6 Å². The molecular weight excluding hydrogens is 92.1 g/mol. The van der Waals surface area contributed by atoms with Crippen LogP contribution < -0.4 is 0 Å². The van der Waals surface area contributed by atoms with Crippen LogP contribution in [-0.4, -0.2) is 12.6 Å². The third kappa shape index (κ3) is 5.03. The summed E-state index contributed by atoms with van der Waals surface area (Å²) in [5.74, 6) is 1.53. The molecule has 0 aliphatic carbocycles. The van der Waals surface area contributed by atoms with E-state index in [1.165, 1.54) is 0 Å². The predicted octanol–water partition coefficient (Wildman–Crippen LogP) is -0.00311. The zero-order chi connectivity index (χ0) is 5.70. The van der Waals surface area contributed by atoms with E-state index in [4.69, 9.17) is 6.42 Å². The molecule has 0 aromatic heterocycles.